The van der Waals surface area contributed by atoms with Crippen molar-refractivity contribution in [3.63, 3.8) is 0 Å². The normalized spacial score (nSPS) is 20.7. The van der Waals surface area contributed by atoms with Gasteiger partial charge in [-0.2, -0.15) is 0 Å². The van der Waals surface area contributed by atoms with Crippen molar-refractivity contribution in [2.24, 2.45) is 0 Å². The first kappa shape index (κ1) is 17.8. The Labute approximate surface area is 122 Å². The van der Waals surface area contributed by atoms with Crippen LogP contribution in [-0.2, 0) is 14.2 Å². The molecule has 2 unspecified atom stereocenters. The predicted octanol–water partition coefficient (Wildman–Crippen LogP) is -0.289. The summed E-state index contributed by atoms with van der Waals surface area (Å²) in [6.07, 6.45) is 1.99. The smallest absolute Gasteiger partial charge is 0.0900 e. The Morgan fingerprint density at radius 1 is 1.25 bits per heavy atom. The summed E-state index contributed by atoms with van der Waals surface area (Å²) in [7, 11) is 3.34. The van der Waals surface area contributed by atoms with Gasteiger partial charge in [-0.05, 0) is 19.4 Å². The highest BCUT2D eigenvalue weighted by Crippen LogP contribution is 2.07. The number of hydrogen-bond donors (Lipinski definition) is 2. The van der Waals surface area contributed by atoms with Crippen molar-refractivity contribution in [1.82, 2.24) is 10.2 Å². The molecule has 1 heterocycles. The Kier molecular flexibility index (Phi) is 10.2. The Balaban J connectivity index is 2.22. The topological polar surface area (TPSA) is 63.2 Å². The molecule has 6 heteroatoms. The second-order valence-corrected chi connectivity index (χ2v) is 5.27. The SMILES string of the molecule is COCCOCC(O)CN(CCOC)CC1CCCN1. The third-order valence-corrected chi connectivity index (χ3v) is 3.46. The molecule has 1 aliphatic rings. The number of ether oxygens (including phenoxy) is 3. The molecule has 0 spiro atoms. The molecule has 1 saturated heterocycles. The van der Waals surface area contributed by atoms with E-state index in [2.05, 4.69) is 10.2 Å². The molecule has 6 nitrogen and oxygen atoms in total. The first-order valence-electron chi connectivity index (χ1n) is 7.45. The fourth-order valence-electron chi connectivity index (χ4n) is 2.41. The first-order valence-corrected chi connectivity index (χ1v) is 7.45. The molecule has 1 rings (SSSR count). The zero-order chi connectivity index (χ0) is 14.6. The van der Waals surface area contributed by atoms with Crippen molar-refractivity contribution < 1.29 is 19.3 Å². The summed E-state index contributed by atoms with van der Waals surface area (Å²) in [5.41, 5.74) is 0. The molecule has 2 N–H and O–H groups in total. The molecule has 120 valence electrons. The van der Waals surface area contributed by atoms with E-state index < -0.39 is 6.10 Å². The summed E-state index contributed by atoms with van der Waals surface area (Å²) in [5.74, 6) is 0. The number of methoxy groups -OCH3 is 2. The molecule has 0 aromatic carbocycles. The fraction of sp³-hybridized carbons (Fsp3) is 1.00. The molecular weight excluding hydrogens is 260 g/mol. The quantitative estimate of drug-likeness (QED) is 0.482. The van der Waals surface area contributed by atoms with E-state index in [1.54, 1.807) is 14.2 Å². The van der Waals surface area contributed by atoms with E-state index in [4.69, 9.17) is 14.2 Å². The molecule has 1 aliphatic heterocycles. The van der Waals surface area contributed by atoms with Gasteiger partial charge in [0.25, 0.3) is 0 Å². The van der Waals surface area contributed by atoms with Crippen LogP contribution in [0.1, 0.15) is 12.8 Å². The minimum absolute atomic E-state index is 0.352. The van der Waals surface area contributed by atoms with Gasteiger partial charge in [0, 0.05) is 39.9 Å². The van der Waals surface area contributed by atoms with Crippen molar-refractivity contribution in [3.05, 3.63) is 0 Å². The Morgan fingerprint density at radius 2 is 2.05 bits per heavy atom. The molecule has 0 bridgehead atoms. The standard InChI is InChI=1S/C14H30N2O4/c1-18-7-6-16(10-13-4-3-5-15-13)11-14(17)12-20-9-8-19-2/h13-15,17H,3-12H2,1-2H3. The molecule has 2 atom stereocenters. The lowest BCUT2D eigenvalue weighted by Crippen LogP contribution is -2.43. The summed E-state index contributed by atoms with van der Waals surface area (Å²) in [6, 6.07) is 0.536. The average Bonchev–Trinajstić information content (AvgIpc) is 2.94. The number of aliphatic hydroxyl groups excluding tert-OH is 1. The van der Waals surface area contributed by atoms with Gasteiger partial charge in [-0.1, -0.05) is 0 Å². The molecule has 0 aliphatic carbocycles. The largest absolute Gasteiger partial charge is 0.389 e. The summed E-state index contributed by atoms with van der Waals surface area (Å²) in [4.78, 5) is 2.25. The number of hydrogen-bond acceptors (Lipinski definition) is 6. The van der Waals surface area contributed by atoms with Crippen LogP contribution in [0.4, 0.5) is 0 Å². The third-order valence-electron chi connectivity index (χ3n) is 3.46. The van der Waals surface area contributed by atoms with Gasteiger partial charge < -0.3 is 24.6 Å². The molecule has 0 aromatic heterocycles. The summed E-state index contributed by atoms with van der Waals surface area (Å²) < 4.78 is 15.4. The maximum absolute atomic E-state index is 10.0. The van der Waals surface area contributed by atoms with Gasteiger partial charge in [0.15, 0.2) is 0 Å². The van der Waals surface area contributed by atoms with Gasteiger partial charge in [0.05, 0.1) is 32.5 Å². The minimum atomic E-state index is -0.467. The molecule has 20 heavy (non-hydrogen) atoms. The lowest BCUT2D eigenvalue weighted by atomic mass is 10.2. The van der Waals surface area contributed by atoms with Crippen molar-refractivity contribution in [2.45, 2.75) is 25.0 Å². The van der Waals surface area contributed by atoms with E-state index >= 15 is 0 Å². The fourth-order valence-corrected chi connectivity index (χ4v) is 2.41. The molecule has 0 radical (unpaired) electrons. The predicted molar refractivity (Wildman–Crippen MR) is 78.0 cm³/mol. The van der Waals surface area contributed by atoms with Gasteiger partial charge in [0.2, 0.25) is 0 Å². The lowest BCUT2D eigenvalue weighted by molar-refractivity contribution is -0.00405. The van der Waals surface area contributed by atoms with Crippen LogP contribution < -0.4 is 5.32 Å². The number of nitrogens with one attached hydrogen (secondary N) is 1. The minimum Gasteiger partial charge on any atom is -0.389 e. The summed E-state index contributed by atoms with van der Waals surface area (Å²) >= 11 is 0. The van der Waals surface area contributed by atoms with Crippen molar-refractivity contribution >= 4 is 0 Å². The summed E-state index contributed by atoms with van der Waals surface area (Å²) in [5, 5.41) is 13.5. The van der Waals surface area contributed by atoms with Crippen LogP contribution in [0.2, 0.25) is 0 Å². The van der Waals surface area contributed by atoms with Gasteiger partial charge >= 0.3 is 0 Å². The highest BCUT2D eigenvalue weighted by atomic mass is 16.5. The van der Waals surface area contributed by atoms with Crippen LogP contribution in [0.25, 0.3) is 0 Å². The van der Waals surface area contributed by atoms with E-state index in [9.17, 15) is 5.11 Å². The van der Waals surface area contributed by atoms with Crippen LogP contribution in [0.15, 0.2) is 0 Å². The van der Waals surface area contributed by atoms with E-state index in [0.29, 0.717) is 39.0 Å². The van der Waals surface area contributed by atoms with E-state index in [-0.39, 0.29) is 0 Å². The number of aliphatic hydroxyl groups is 1. The molecular formula is C14H30N2O4. The van der Waals surface area contributed by atoms with Crippen molar-refractivity contribution in [3.8, 4) is 0 Å². The van der Waals surface area contributed by atoms with Crippen LogP contribution in [0, 0.1) is 0 Å². The first-order chi connectivity index (χ1) is 9.76. The van der Waals surface area contributed by atoms with Crippen LogP contribution in [0.5, 0.6) is 0 Å². The number of rotatable bonds is 12. The van der Waals surface area contributed by atoms with Crippen LogP contribution >= 0.6 is 0 Å². The molecule has 0 aromatic rings. The Bertz CT molecular complexity index is 225. The van der Waals surface area contributed by atoms with E-state index in [1.165, 1.54) is 12.8 Å². The highest BCUT2D eigenvalue weighted by molar-refractivity contribution is 4.79. The monoisotopic (exact) mass is 290 g/mol. The van der Waals surface area contributed by atoms with Gasteiger partial charge in [-0.25, -0.2) is 0 Å². The maximum atomic E-state index is 10.0. The maximum Gasteiger partial charge on any atom is 0.0900 e. The van der Waals surface area contributed by atoms with Crippen LogP contribution in [-0.4, -0.2) is 89.0 Å². The zero-order valence-corrected chi connectivity index (χ0v) is 12.8. The molecule has 0 saturated carbocycles. The van der Waals surface area contributed by atoms with E-state index in [0.717, 1.165) is 19.6 Å². The molecule has 1 fully saturated rings. The average molecular weight is 290 g/mol. The van der Waals surface area contributed by atoms with Crippen LogP contribution in [0.3, 0.4) is 0 Å². The molecule has 0 amide bonds. The Hall–Kier alpha value is -0.240. The highest BCUT2D eigenvalue weighted by Gasteiger charge is 2.19. The van der Waals surface area contributed by atoms with Gasteiger partial charge in [0.1, 0.15) is 0 Å². The van der Waals surface area contributed by atoms with Crippen molar-refractivity contribution in [2.75, 3.05) is 66.8 Å². The van der Waals surface area contributed by atoms with Gasteiger partial charge in [-0.3, -0.25) is 4.90 Å². The zero-order valence-electron chi connectivity index (χ0n) is 12.8. The second-order valence-electron chi connectivity index (χ2n) is 5.27. The second kappa shape index (κ2) is 11.4. The Morgan fingerprint density at radius 3 is 2.70 bits per heavy atom. The van der Waals surface area contributed by atoms with E-state index in [1.807, 2.05) is 0 Å². The summed E-state index contributed by atoms with van der Waals surface area (Å²) in [6.45, 7) is 5.64. The van der Waals surface area contributed by atoms with Crippen molar-refractivity contribution in [1.29, 1.82) is 0 Å². The van der Waals surface area contributed by atoms with Gasteiger partial charge in [-0.15, -0.1) is 0 Å². The third kappa shape index (κ3) is 8.14. The number of nitrogens with zero attached hydrogens (tertiary/aromatic N) is 1. The lowest BCUT2D eigenvalue weighted by Gasteiger charge is -2.27.